The zero-order valence-electron chi connectivity index (χ0n) is 17.6. The van der Waals surface area contributed by atoms with Gasteiger partial charge < -0.3 is 25.2 Å². The molecule has 0 atom stereocenters. The van der Waals surface area contributed by atoms with Crippen LogP contribution in [0.5, 0.6) is 0 Å². The molecule has 2 aromatic carbocycles. The number of amides is 2. The van der Waals surface area contributed by atoms with E-state index in [1.54, 1.807) is 0 Å². The number of carboxylic acids is 1. The van der Waals surface area contributed by atoms with Gasteiger partial charge in [0.15, 0.2) is 0 Å². The number of hydrogen-bond donors (Lipinski definition) is 3. The minimum absolute atomic E-state index is 0.0108. The molecule has 1 fully saturated rings. The standard InChI is InChI=1S/C24H26N2O6/c27-21(28)9-12-25-22(29)24(10-13-31-14-11-24)26-23(30)32-15-20-18-7-3-1-5-16(18)17-6-2-4-8-19(17)20/h1-8,20H,9-15H2,(H,25,29)(H,26,30)(H,27,28). The molecule has 4 rings (SSSR count). The van der Waals surface area contributed by atoms with Crippen LogP contribution in [0, 0.1) is 0 Å². The highest BCUT2D eigenvalue weighted by atomic mass is 16.5. The Bertz CT molecular complexity index is 970. The quantitative estimate of drug-likeness (QED) is 0.613. The normalized spacial score (nSPS) is 16.5. The van der Waals surface area contributed by atoms with E-state index in [0.717, 1.165) is 22.3 Å². The predicted molar refractivity (Wildman–Crippen MR) is 116 cm³/mol. The number of rotatable bonds is 7. The van der Waals surface area contributed by atoms with Crippen molar-refractivity contribution in [2.75, 3.05) is 26.4 Å². The summed E-state index contributed by atoms with van der Waals surface area (Å²) in [5.41, 5.74) is 3.30. The largest absolute Gasteiger partial charge is 0.481 e. The van der Waals surface area contributed by atoms with Crippen molar-refractivity contribution in [3.8, 4) is 11.1 Å². The van der Waals surface area contributed by atoms with E-state index in [1.165, 1.54) is 0 Å². The first-order valence-corrected chi connectivity index (χ1v) is 10.7. The molecule has 0 bridgehead atoms. The van der Waals surface area contributed by atoms with Crippen LogP contribution in [0.15, 0.2) is 48.5 Å². The lowest BCUT2D eigenvalue weighted by Gasteiger charge is -2.36. The highest BCUT2D eigenvalue weighted by Crippen LogP contribution is 2.44. The number of aliphatic carboxylic acids is 1. The second kappa shape index (κ2) is 9.40. The Morgan fingerprint density at radius 2 is 1.59 bits per heavy atom. The smallest absolute Gasteiger partial charge is 0.408 e. The Kier molecular flexibility index (Phi) is 6.41. The molecule has 0 unspecified atom stereocenters. The Morgan fingerprint density at radius 1 is 1.00 bits per heavy atom. The SMILES string of the molecule is O=C(O)CCNC(=O)C1(NC(=O)OCC2c3ccccc3-c3ccccc32)CCOCC1. The minimum Gasteiger partial charge on any atom is -0.481 e. The summed E-state index contributed by atoms with van der Waals surface area (Å²) in [7, 11) is 0. The van der Waals surface area contributed by atoms with Gasteiger partial charge in [0.25, 0.3) is 0 Å². The maximum atomic E-state index is 12.8. The van der Waals surface area contributed by atoms with Gasteiger partial charge >= 0.3 is 12.1 Å². The van der Waals surface area contributed by atoms with Crippen molar-refractivity contribution in [2.45, 2.75) is 30.7 Å². The van der Waals surface area contributed by atoms with Crippen molar-refractivity contribution in [3.63, 3.8) is 0 Å². The predicted octanol–water partition coefficient (Wildman–Crippen LogP) is 2.67. The summed E-state index contributed by atoms with van der Waals surface area (Å²) in [6, 6.07) is 16.1. The number of carboxylic acid groups (broad SMARTS) is 1. The molecular formula is C24H26N2O6. The lowest BCUT2D eigenvalue weighted by atomic mass is 9.89. The van der Waals surface area contributed by atoms with E-state index >= 15 is 0 Å². The van der Waals surface area contributed by atoms with Gasteiger partial charge in [-0.3, -0.25) is 9.59 Å². The Labute approximate surface area is 185 Å². The second-order valence-electron chi connectivity index (χ2n) is 8.04. The molecule has 2 aliphatic rings. The zero-order chi connectivity index (χ0) is 22.6. The lowest BCUT2D eigenvalue weighted by molar-refractivity contribution is -0.137. The number of carbonyl (C=O) groups excluding carboxylic acids is 2. The van der Waals surface area contributed by atoms with Gasteiger partial charge in [0.2, 0.25) is 5.91 Å². The van der Waals surface area contributed by atoms with Crippen molar-refractivity contribution < 1.29 is 29.0 Å². The molecular weight excluding hydrogens is 412 g/mol. The Balaban J connectivity index is 1.43. The lowest BCUT2D eigenvalue weighted by Crippen LogP contribution is -2.61. The van der Waals surface area contributed by atoms with Gasteiger partial charge in [-0.25, -0.2) is 4.79 Å². The average molecular weight is 438 g/mol. The van der Waals surface area contributed by atoms with Gasteiger partial charge in [-0.2, -0.15) is 0 Å². The molecule has 0 aromatic heterocycles. The topological polar surface area (TPSA) is 114 Å². The fraction of sp³-hybridized carbons (Fsp3) is 0.375. The number of nitrogens with one attached hydrogen (secondary N) is 2. The maximum absolute atomic E-state index is 12.8. The van der Waals surface area contributed by atoms with Crippen LogP contribution < -0.4 is 10.6 Å². The van der Waals surface area contributed by atoms with Crippen LogP contribution in [0.4, 0.5) is 4.79 Å². The molecule has 1 saturated heterocycles. The summed E-state index contributed by atoms with van der Waals surface area (Å²) < 4.78 is 10.9. The number of alkyl carbamates (subject to hydrolysis) is 1. The number of ether oxygens (including phenoxy) is 2. The van der Waals surface area contributed by atoms with E-state index in [9.17, 15) is 14.4 Å². The number of carbonyl (C=O) groups is 3. The summed E-state index contributed by atoms with van der Waals surface area (Å²) in [6.07, 6.45) is -0.294. The van der Waals surface area contributed by atoms with E-state index in [-0.39, 0.29) is 38.3 Å². The molecule has 0 saturated carbocycles. The van der Waals surface area contributed by atoms with Gasteiger partial charge in [-0.15, -0.1) is 0 Å². The van der Waals surface area contributed by atoms with Crippen LogP contribution in [0.25, 0.3) is 11.1 Å². The number of benzene rings is 2. The van der Waals surface area contributed by atoms with E-state index in [4.69, 9.17) is 14.6 Å². The van der Waals surface area contributed by atoms with Crippen LogP contribution in [0.1, 0.15) is 36.3 Å². The fourth-order valence-corrected chi connectivity index (χ4v) is 4.41. The van der Waals surface area contributed by atoms with Crippen LogP contribution in [0.2, 0.25) is 0 Å². The third-order valence-electron chi connectivity index (χ3n) is 6.09. The Morgan fingerprint density at radius 3 is 2.19 bits per heavy atom. The molecule has 8 nitrogen and oxygen atoms in total. The molecule has 0 spiro atoms. The van der Waals surface area contributed by atoms with Gasteiger partial charge in [0.05, 0.1) is 6.42 Å². The minimum atomic E-state index is -1.18. The molecule has 1 aliphatic carbocycles. The van der Waals surface area contributed by atoms with Crippen molar-refractivity contribution >= 4 is 18.0 Å². The average Bonchev–Trinajstić information content (AvgIpc) is 3.12. The summed E-state index contributed by atoms with van der Waals surface area (Å²) in [5.74, 6) is -1.51. The molecule has 1 aliphatic heterocycles. The van der Waals surface area contributed by atoms with Crippen LogP contribution in [-0.4, -0.2) is 55.0 Å². The maximum Gasteiger partial charge on any atom is 0.408 e. The highest BCUT2D eigenvalue weighted by molar-refractivity contribution is 5.90. The first kappa shape index (κ1) is 21.8. The first-order valence-electron chi connectivity index (χ1n) is 10.7. The third kappa shape index (κ3) is 4.45. The van der Waals surface area contributed by atoms with Crippen LogP contribution in [-0.2, 0) is 19.1 Å². The third-order valence-corrected chi connectivity index (χ3v) is 6.09. The van der Waals surface area contributed by atoms with Crippen LogP contribution >= 0.6 is 0 Å². The molecule has 8 heteroatoms. The van der Waals surface area contributed by atoms with Gasteiger partial charge in [-0.05, 0) is 22.3 Å². The van der Waals surface area contributed by atoms with E-state index in [0.29, 0.717) is 13.2 Å². The van der Waals surface area contributed by atoms with Crippen molar-refractivity contribution in [2.24, 2.45) is 0 Å². The van der Waals surface area contributed by atoms with E-state index in [2.05, 4.69) is 22.8 Å². The Hall–Kier alpha value is -3.39. The fourth-order valence-electron chi connectivity index (χ4n) is 4.41. The van der Waals surface area contributed by atoms with E-state index in [1.807, 2.05) is 36.4 Å². The summed E-state index contributed by atoms with van der Waals surface area (Å²) in [6.45, 7) is 0.766. The highest BCUT2D eigenvalue weighted by Gasteiger charge is 2.42. The van der Waals surface area contributed by atoms with Crippen molar-refractivity contribution in [1.29, 1.82) is 0 Å². The zero-order valence-corrected chi connectivity index (χ0v) is 17.6. The van der Waals surface area contributed by atoms with Gasteiger partial charge in [0, 0.05) is 38.5 Å². The summed E-state index contributed by atoms with van der Waals surface area (Å²) >= 11 is 0. The number of fused-ring (bicyclic) bond motifs is 3. The second-order valence-corrected chi connectivity index (χ2v) is 8.04. The molecule has 2 aromatic rings. The summed E-state index contributed by atoms with van der Waals surface area (Å²) in [4.78, 5) is 36.3. The van der Waals surface area contributed by atoms with Gasteiger partial charge in [-0.1, -0.05) is 48.5 Å². The first-order chi connectivity index (χ1) is 15.5. The monoisotopic (exact) mass is 438 g/mol. The molecule has 32 heavy (non-hydrogen) atoms. The van der Waals surface area contributed by atoms with E-state index < -0.39 is 23.5 Å². The molecule has 1 heterocycles. The summed E-state index contributed by atoms with van der Waals surface area (Å²) in [5, 5.41) is 14.1. The molecule has 168 valence electrons. The van der Waals surface area contributed by atoms with Crippen molar-refractivity contribution in [3.05, 3.63) is 59.7 Å². The van der Waals surface area contributed by atoms with Crippen molar-refractivity contribution in [1.82, 2.24) is 10.6 Å². The molecule has 3 N–H and O–H groups in total. The van der Waals surface area contributed by atoms with Gasteiger partial charge in [0.1, 0.15) is 12.1 Å². The number of hydrogen-bond acceptors (Lipinski definition) is 5. The van der Waals surface area contributed by atoms with Crippen LogP contribution in [0.3, 0.4) is 0 Å². The molecule has 0 radical (unpaired) electrons. The molecule has 2 amide bonds.